The minimum Gasteiger partial charge on any atom is -0.425 e. The van der Waals surface area contributed by atoms with E-state index in [1.165, 1.54) is 11.3 Å². The lowest BCUT2D eigenvalue weighted by Gasteiger charge is -2.10. The average Bonchev–Trinajstić information content (AvgIpc) is 3.09. The van der Waals surface area contributed by atoms with Crippen LogP contribution in [0.3, 0.4) is 0 Å². The van der Waals surface area contributed by atoms with Gasteiger partial charge in [0.15, 0.2) is 0 Å². The summed E-state index contributed by atoms with van der Waals surface area (Å²) in [6.45, 7) is 0. The molecule has 2 aromatic carbocycles. The summed E-state index contributed by atoms with van der Waals surface area (Å²) >= 11 is 1.49. The van der Waals surface area contributed by atoms with E-state index in [-0.39, 0.29) is 18.1 Å². The number of rotatable bonds is 5. The Hall–Kier alpha value is -2.92. The Morgan fingerprint density at radius 3 is 2.42 bits per heavy atom. The number of amides is 1. The second-order valence-corrected chi connectivity index (χ2v) is 6.08. The molecule has 5 heteroatoms. The van der Waals surface area contributed by atoms with Crippen molar-refractivity contribution in [2.75, 3.05) is 5.32 Å². The molecule has 0 saturated carbocycles. The molecule has 0 aliphatic rings. The first-order valence-electron chi connectivity index (χ1n) is 7.41. The van der Waals surface area contributed by atoms with Crippen molar-refractivity contribution in [2.45, 2.75) is 6.42 Å². The number of ether oxygens (including phenoxy) is 1. The Balaban J connectivity index is 1.72. The van der Waals surface area contributed by atoms with E-state index in [0.29, 0.717) is 11.3 Å². The highest BCUT2D eigenvalue weighted by atomic mass is 32.1. The third-order valence-electron chi connectivity index (χ3n) is 3.29. The number of carbonyl (C=O) groups excluding carboxylic acids is 2. The van der Waals surface area contributed by atoms with Crippen LogP contribution in [0.25, 0.3) is 0 Å². The minimum absolute atomic E-state index is 0.187. The molecule has 0 saturated heterocycles. The van der Waals surface area contributed by atoms with Crippen molar-refractivity contribution < 1.29 is 14.3 Å². The van der Waals surface area contributed by atoms with Crippen molar-refractivity contribution in [3.63, 3.8) is 0 Å². The van der Waals surface area contributed by atoms with Gasteiger partial charge < -0.3 is 10.1 Å². The van der Waals surface area contributed by atoms with Gasteiger partial charge in [0.05, 0.1) is 12.0 Å². The standard InChI is InChI=1S/C19H15NO3S/c21-18(13-15-9-6-12-24-15)23-17-11-5-4-10-16(17)19(22)20-14-7-2-1-3-8-14/h1-12H,13H2,(H,20,22). The number of hydrogen-bond acceptors (Lipinski definition) is 4. The quantitative estimate of drug-likeness (QED) is 0.562. The summed E-state index contributed by atoms with van der Waals surface area (Å²) < 4.78 is 5.38. The molecule has 0 fully saturated rings. The van der Waals surface area contributed by atoms with Crippen molar-refractivity contribution in [3.05, 3.63) is 82.6 Å². The third-order valence-corrected chi connectivity index (χ3v) is 4.16. The topological polar surface area (TPSA) is 55.4 Å². The fourth-order valence-corrected chi connectivity index (χ4v) is 2.87. The van der Waals surface area contributed by atoms with Gasteiger partial charge in [-0.1, -0.05) is 36.4 Å². The second-order valence-electron chi connectivity index (χ2n) is 5.05. The monoisotopic (exact) mass is 337 g/mol. The van der Waals surface area contributed by atoms with Crippen molar-refractivity contribution in [1.82, 2.24) is 0 Å². The highest BCUT2D eigenvalue weighted by molar-refractivity contribution is 7.10. The number of para-hydroxylation sites is 2. The SMILES string of the molecule is O=C(Cc1cccs1)Oc1ccccc1C(=O)Nc1ccccc1. The lowest BCUT2D eigenvalue weighted by Crippen LogP contribution is -2.16. The summed E-state index contributed by atoms with van der Waals surface area (Å²) in [6.07, 6.45) is 0.187. The molecule has 1 heterocycles. The summed E-state index contributed by atoms with van der Waals surface area (Å²) in [4.78, 5) is 25.4. The van der Waals surface area contributed by atoms with Crippen LogP contribution in [0.15, 0.2) is 72.1 Å². The van der Waals surface area contributed by atoms with Gasteiger partial charge in [0, 0.05) is 10.6 Å². The van der Waals surface area contributed by atoms with Gasteiger partial charge >= 0.3 is 5.97 Å². The van der Waals surface area contributed by atoms with Crippen LogP contribution in [0.1, 0.15) is 15.2 Å². The van der Waals surface area contributed by atoms with Crippen LogP contribution < -0.4 is 10.1 Å². The highest BCUT2D eigenvalue weighted by Gasteiger charge is 2.15. The molecule has 0 atom stereocenters. The summed E-state index contributed by atoms with van der Waals surface area (Å²) in [5, 5.41) is 4.70. The van der Waals surface area contributed by atoms with Crippen LogP contribution in [0, 0.1) is 0 Å². The fourth-order valence-electron chi connectivity index (χ4n) is 2.18. The molecule has 0 bridgehead atoms. The number of esters is 1. The highest BCUT2D eigenvalue weighted by Crippen LogP contribution is 2.21. The number of benzene rings is 2. The molecule has 1 amide bonds. The molecule has 0 aliphatic carbocycles. The zero-order chi connectivity index (χ0) is 16.8. The first-order chi connectivity index (χ1) is 11.7. The molecule has 3 aromatic rings. The first-order valence-corrected chi connectivity index (χ1v) is 8.29. The zero-order valence-electron chi connectivity index (χ0n) is 12.8. The van der Waals surface area contributed by atoms with Crippen molar-refractivity contribution in [3.8, 4) is 5.75 Å². The molecule has 1 N–H and O–H groups in total. The molecule has 0 aliphatic heterocycles. The normalized spacial score (nSPS) is 10.2. The van der Waals surface area contributed by atoms with E-state index < -0.39 is 5.97 Å². The first kappa shape index (κ1) is 16.0. The van der Waals surface area contributed by atoms with Gasteiger partial charge in [-0.15, -0.1) is 11.3 Å². The summed E-state index contributed by atoms with van der Waals surface area (Å²) in [6, 6.07) is 19.6. The molecular formula is C19H15NO3S. The number of anilines is 1. The second kappa shape index (κ2) is 7.57. The zero-order valence-corrected chi connectivity index (χ0v) is 13.6. The average molecular weight is 337 g/mol. The number of carbonyl (C=O) groups is 2. The van der Waals surface area contributed by atoms with E-state index in [1.807, 2.05) is 35.7 Å². The Kier molecular flexibility index (Phi) is 5.03. The van der Waals surface area contributed by atoms with E-state index in [1.54, 1.807) is 36.4 Å². The summed E-state index contributed by atoms with van der Waals surface area (Å²) in [5.41, 5.74) is 1.00. The van der Waals surface area contributed by atoms with Crippen LogP contribution >= 0.6 is 11.3 Å². The lowest BCUT2D eigenvalue weighted by molar-refractivity contribution is -0.133. The fraction of sp³-hybridized carbons (Fsp3) is 0.0526. The van der Waals surface area contributed by atoms with Crippen molar-refractivity contribution in [1.29, 1.82) is 0 Å². The van der Waals surface area contributed by atoms with E-state index in [2.05, 4.69) is 5.32 Å². The van der Waals surface area contributed by atoms with Gasteiger partial charge in [-0.3, -0.25) is 9.59 Å². The molecule has 0 radical (unpaired) electrons. The number of hydrogen-bond donors (Lipinski definition) is 1. The molecule has 24 heavy (non-hydrogen) atoms. The van der Waals surface area contributed by atoms with E-state index in [4.69, 9.17) is 4.74 Å². The third kappa shape index (κ3) is 4.08. The van der Waals surface area contributed by atoms with Gasteiger partial charge in [0.2, 0.25) is 0 Å². The largest absolute Gasteiger partial charge is 0.425 e. The lowest BCUT2D eigenvalue weighted by atomic mass is 10.2. The molecule has 3 rings (SSSR count). The summed E-state index contributed by atoms with van der Waals surface area (Å²) in [5.74, 6) is -0.453. The number of thiophene rings is 1. The maximum Gasteiger partial charge on any atom is 0.316 e. The molecule has 4 nitrogen and oxygen atoms in total. The predicted molar refractivity (Wildman–Crippen MR) is 94.5 cm³/mol. The maximum atomic E-state index is 12.4. The van der Waals surface area contributed by atoms with E-state index in [9.17, 15) is 9.59 Å². The van der Waals surface area contributed by atoms with Gasteiger partial charge in [-0.05, 0) is 35.7 Å². The Morgan fingerprint density at radius 1 is 0.917 bits per heavy atom. The van der Waals surface area contributed by atoms with Gasteiger partial charge in [-0.2, -0.15) is 0 Å². The molecule has 120 valence electrons. The maximum absolute atomic E-state index is 12.4. The molecule has 1 aromatic heterocycles. The molecule has 0 unspecified atom stereocenters. The molecular weight excluding hydrogens is 322 g/mol. The summed E-state index contributed by atoms with van der Waals surface area (Å²) in [7, 11) is 0. The number of nitrogens with one attached hydrogen (secondary N) is 1. The van der Waals surface area contributed by atoms with Gasteiger partial charge in [-0.25, -0.2) is 0 Å². The van der Waals surface area contributed by atoms with Gasteiger partial charge in [0.1, 0.15) is 5.75 Å². The van der Waals surface area contributed by atoms with E-state index >= 15 is 0 Å². The Morgan fingerprint density at radius 2 is 1.67 bits per heavy atom. The van der Waals surface area contributed by atoms with Crippen LogP contribution in [-0.2, 0) is 11.2 Å². The Labute approximate surface area is 143 Å². The van der Waals surface area contributed by atoms with Crippen molar-refractivity contribution >= 4 is 28.9 Å². The van der Waals surface area contributed by atoms with Crippen LogP contribution in [-0.4, -0.2) is 11.9 Å². The van der Waals surface area contributed by atoms with E-state index in [0.717, 1.165) is 4.88 Å². The van der Waals surface area contributed by atoms with Crippen molar-refractivity contribution in [2.24, 2.45) is 0 Å². The predicted octanol–water partition coefficient (Wildman–Crippen LogP) is 4.15. The smallest absolute Gasteiger partial charge is 0.316 e. The van der Waals surface area contributed by atoms with Crippen LogP contribution in [0.5, 0.6) is 5.75 Å². The van der Waals surface area contributed by atoms with Gasteiger partial charge in [0.25, 0.3) is 5.91 Å². The minimum atomic E-state index is -0.391. The van der Waals surface area contributed by atoms with Crippen LogP contribution in [0.2, 0.25) is 0 Å². The Bertz CT molecular complexity index is 829. The van der Waals surface area contributed by atoms with Crippen LogP contribution in [0.4, 0.5) is 5.69 Å². The molecule has 0 spiro atoms.